The average Bonchev–Trinajstić information content (AvgIpc) is 2.62. The molecular weight excluding hydrogens is 570 g/mol. The van der Waals surface area contributed by atoms with Crippen molar-refractivity contribution >= 4 is 41.0 Å². The SMILES string of the molecule is O=P(O)(Oc1ccc(CS(=O)(=O)Cc2ccc(C(F)(F)P(=O)(O)O)cc2)cc1Br)C(F)F. The van der Waals surface area contributed by atoms with E-state index in [2.05, 4.69) is 20.5 Å². The average molecular weight is 585 g/mol. The lowest BCUT2D eigenvalue weighted by molar-refractivity contribution is 0.0564. The predicted octanol–water partition coefficient (Wildman–Crippen LogP) is 4.58. The van der Waals surface area contributed by atoms with E-state index in [1.165, 1.54) is 12.1 Å². The van der Waals surface area contributed by atoms with Gasteiger partial charge in [-0.15, -0.1) is 0 Å². The van der Waals surface area contributed by atoms with E-state index in [4.69, 9.17) is 14.7 Å². The van der Waals surface area contributed by atoms with Gasteiger partial charge in [0.1, 0.15) is 5.75 Å². The molecule has 0 amide bonds. The van der Waals surface area contributed by atoms with E-state index in [0.717, 1.165) is 18.2 Å². The number of sulfone groups is 1. The quantitative estimate of drug-likeness (QED) is 0.288. The summed E-state index contributed by atoms with van der Waals surface area (Å²) in [5, 5.41) is 0. The largest absolute Gasteiger partial charge is 0.442 e. The fourth-order valence-electron chi connectivity index (χ4n) is 2.42. The second-order valence-electron chi connectivity index (χ2n) is 6.51. The molecule has 32 heavy (non-hydrogen) atoms. The van der Waals surface area contributed by atoms with Gasteiger partial charge >= 0.3 is 27.0 Å². The summed E-state index contributed by atoms with van der Waals surface area (Å²) in [6.07, 6.45) is -3.64. The molecule has 0 aromatic heterocycles. The summed E-state index contributed by atoms with van der Waals surface area (Å²) in [7, 11) is -14.9. The minimum Gasteiger partial charge on any atom is -0.420 e. The lowest BCUT2D eigenvalue weighted by Crippen LogP contribution is -2.14. The topological polar surface area (TPSA) is 138 Å². The third kappa shape index (κ3) is 6.63. The fraction of sp³-hybridized carbons (Fsp3) is 0.250. The first-order valence-electron chi connectivity index (χ1n) is 8.26. The van der Waals surface area contributed by atoms with Crippen LogP contribution in [0.1, 0.15) is 16.7 Å². The van der Waals surface area contributed by atoms with Crippen molar-refractivity contribution in [3.05, 3.63) is 63.6 Å². The summed E-state index contributed by atoms with van der Waals surface area (Å²) in [5.74, 6) is -1.56. The number of alkyl halides is 4. The van der Waals surface area contributed by atoms with Crippen molar-refractivity contribution in [3.8, 4) is 5.75 Å². The van der Waals surface area contributed by atoms with Crippen LogP contribution in [0.15, 0.2) is 46.9 Å². The first kappa shape index (κ1) is 27.0. The summed E-state index contributed by atoms with van der Waals surface area (Å²) in [5.41, 5.74) is -5.16. The second-order valence-corrected chi connectivity index (χ2v) is 12.8. The van der Waals surface area contributed by atoms with Gasteiger partial charge in [-0.25, -0.2) is 13.0 Å². The number of benzene rings is 2. The highest BCUT2D eigenvalue weighted by Crippen LogP contribution is 2.59. The van der Waals surface area contributed by atoms with Crippen molar-refractivity contribution < 1.29 is 54.3 Å². The molecule has 0 fully saturated rings. The van der Waals surface area contributed by atoms with E-state index in [1.54, 1.807) is 0 Å². The lowest BCUT2D eigenvalue weighted by atomic mass is 10.1. The zero-order valence-electron chi connectivity index (χ0n) is 15.6. The van der Waals surface area contributed by atoms with Gasteiger partial charge in [-0.05, 0) is 39.2 Å². The van der Waals surface area contributed by atoms with Crippen LogP contribution in [0.2, 0.25) is 0 Å². The van der Waals surface area contributed by atoms with Crippen molar-refractivity contribution in [1.29, 1.82) is 0 Å². The third-order valence-electron chi connectivity index (χ3n) is 3.91. The molecule has 0 aliphatic heterocycles. The molecule has 0 radical (unpaired) electrons. The number of rotatable bonds is 9. The van der Waals surface area contributed by atoms with Crippen molar-refractivity contribution in [3.63, 3.8) is 0 Å². The van der Waals surface area contributed by atoms with E-state index in [1.807, 2.05) is 0 Å². The fourth-order valence-corrected chi connectivity index (χ4v) is 5.55. The molecule has 0 aliphatic rings. The van der Waals surface area contributed by atoms with Gasteiger partial charge in [0.15, 0.2) is 9.84 Å². The molecule has 16 heteroatoms. The van der Waals surface area contributed by atoms with Crippen LogP contribution in [-0.4, -0.2) is 29.3 Å². The normalized spacial score (nSPS) is 14.9. The van der Waals surface area contributed by atoms with E-state index in [0.29, 0.717) is 12.1 Å². The van der Waals surface area contributed by atoms with Crippen LogP contribution in [0.3, 0.4) is 0 Å². The Balaban J connectivity index is 2.15. The van der Waals surface area contributed by atoms with Crippen LogP contribution >= 0.6 is 31.1 Å². The molecule has 2 aromatic rings. The number of halogens is 5. The highest BCUT2D eigenvalue weighted by Gasteiger charge is 2.50. The molecule has 2 aromatic carbocycles. The lowest BCUT2D eigenvalue weighted by Gasteiger charge is -2.18. The number of hydrogen-bond donors (Lipinski definition) is 3. The second kappa shape index (κ2) is 9.54. The Bertz CT molecular complexity index is 1190. The summed E-state index contributed by atoms with van der Waals surface area (Å²) >= 11 is 2.93. The van der Waals surface area contributed by atoms with Gasteiger partial charge in [-0.3, -0.25) is 4.57 Å². The minimum absolute atomic E-state index is 0.0517. The first-order valence-corrected chi connectivity index (χ1v) is 14.1. The van der Waals surface area contributed by atoms with Crippen LogP contribution in [0.25, 0.3) is 0 Å². The van der Waals surface area contributed by atoms with Crippen LogP contribution in [0.4, 0.5) is 17.6 Å². The summed E-state index contributed by atoms with van der Waals surface area (Å²) in [6.45, 7) is 0. The maximum atomic E-state index is 13.7. The molecular formula is C16H15BrF4O8P2S. The monoisotopic (exact) mass is 584 g/mol. The first-order chi connectivity index (χ1) is 14.4. The van der Waals surface area contributed by atoms with Crippen LogP contribution in [0.5, 0.6) is 5.75 Å². The third-order valence-corrected chi connectivity index (χ3v) is 8.02. The van der Waals surface area contributed by atoms with Crippen molar-refractivity contribution in [2.75, 3.05) is 0 Å². The molecule has 178 valence electrons. The summed E-state index contributed by atoms with van der Waals surface area (Å²) in [6, 6.07) is 6.79. The zero-order valence-corrected chi connectivity index (χ0v) is 19.8. The zero-order chi connectivity index (χ0) is 24.5. The molecule has 3 N–H and O–H groups in total. The molecule has 1 atom stereocenters. The van der Waals surface area contributed by atoms with Gasteiger partial charge in [-0.1, -0.05) is 30.3 Å². The minimum atomic E-state index is -5.76. The smallest absolute Gasteiger partial charge is 0.420 e. The van der Waals surface area contributed by atoms with Crippen molar-refractivity contribution in [2.45, 2.75) is 23.3 Å². The molecule has 0 aliphatic carbocycles. The molecule has 8 nitrogen and oxygen atoms in total. The highest BCUT2D eigenvalue weighted by atomic mass is 79.9. The molecule has 0 saturated carbocycles. The molecule has 1 unspecified atom stereocenters. The van der Waals surface area contributed by atoms with Crippen LogP contribution in [-0.2, 0) is 36.1 Å². The molecule has 2 rings (SSSR count). The maximum absolute atomic E-state index is 13.7. The van der Waals surface area contributed by atoms with Crippen LogP contribution in [0, 0.1) is 0 Å². The Hall–Kier alpha value is -1.27. The van der Waals surface area contributed by atoms with Crippen LogP contribution < -0.4 is 4.52 Å². The molecule has 0 heterocycles. The van der Waals surface area contributed by atoms with Crippen molar-refractivity contribution in [1.82, 2.24) is 0 Å². The summed E-state index contributed by atoms with van der Waals surface area (Å²) < 4.78 is 104. The van der Waals surface area contributed by atoms with E-state index < -0.39 is 59.7 Å². The Morgan fingerprint density at radius 2 is 1.47 bits per heavy atom. The molecule has 0 bridgehead atoms. The van der Waals surface area contributed by atoms with Crippen molar-refractivity contribution in [2.24, 2.45) is 0 Å². The standard InChI is InChI=1S/C16H15BrF4O8P2S/c17-13-7-11(3-6-14(13)29-30(22,23)15(18)19)9-32(27,28)8-10-1-4-12(5-2-10)16(20,21)31(24,25)26/h1-7,15H,8-9H2,(H,22,23)(H2,24,25,26). The van der Waals surface area contributed by atoms with Gasteiger partial charge in [0, 0.05) is 5.56 Å². The maximum Gasteiger partial charge on any atom is 0.442 e. The predicted molar refractivity (Wildman–Crippen MR) is 109 cm³/mol. The Morgan fingerprint density at radius 1 is 0.969 bits per heavy atom. The highest BCUT2D eigenvalue weighted by molar-refractivity contribution is 9.10. The van der Waals surface area contributed by atoms with E-state index >= 15 is 0 Å². The molecule has 0 saturated heterocycles. The summed E-state index contributed by atoms with van der Waals surface area (Å²) in [4.78, 5) is 26.6. The number of hydrogen-bond acceptors (Lipinski definition) is 5. The van der Waals surface area contributed by atoms with Gasteiger partial charge < -0.3 is 19.2 Å². The Labute approximate surface area is 188 Å². The van der Waals surface area contributed by atoms with Gasteiger partial charge in [0.25, 0.3) is 0 Å². The Kier molecular flexibility index (Phi) is 8.04. The van der Waals surface area contributed by atoms with Gasteiger partial charge in [0.05, 0.1) is 16.0 Å². The molecule has 0 spiro atoms. The van der Waals surface area contributed by atoms with E-state index in [9.17, 15) is 35.1 Å². The van der Waals surface area contributed by atoms with E-state index in [-0.39, 0.29) is 15.6 Å². The Morgan fingerprint density at radius 3 is 1.94 bits per heavy atom. The van der Waals surface area contributed by atoms with Gasteiger partial charge in [-0.2, -0.15) is 17.6 Å². The van der Waals surface area contributed by atoms with Gasteiger partial charge in [0.2, 0.25) is 0 Å².